The predicted molar refractivity (Wildman–Crippen MR) is 95.6 cm³/mol. The first-order valence-electron chi connectivity index (χ1n) is 6.63. The molecule has 2 N–H and O–H groups in total. The second kappa shape index (κ2) is 7.80. The van der Waals surface area contributed by atoms with Gasteiger partial charge in [0.05, 0.1) is 24.8 Å². The summed E-state index contributed by atoms with van der Waals surface area (Å²) in [5.74, 6) is 0.208. The van der Waals surface area contributed by atoms with Crippen LogP contribution in [0.2, 0.25) is 5.02 Å². The number of carbonyl (C=O) groups excluding carboxylic acids is 1. The molecule has 0 aromatic heterocycles. The lowest BCUT2D eigenvalue weighted by molar-refractivity contribution is 0.0601. The molecule has 0 unspecified atom stereocenters. The van der Waals surface area contributed by atoms with E-state index < -0.39 is 0 Å². The zero-order valence-corrected chi connectivity index (χ0v) is 14.1. The number of hydrogen-bond acceptors (Lipinski definition) is 4. The Kier molecular flexibility index (Phi) is 5.78. The maximum Gasteiger partial charge on any atom is 0.337 e. The third kappa shape index (κ3) is 4.58. The number of benzene rings is 2. The molecule has 0 saturated carbocycles. The molecule has 0 atom stereocenters. The minimum atomic E-state index is -0.384. The van der Waals surface area contributed by atoms with E-state index in [1.54, 1.807) is 49.6 Å². The van der Waals surface area contributed by atoms with Crippen molar-refractivity contribution in [2.75, 3.05) is 24.9 Å². The van der Waals surface area contributed by atoms with Gasteiger partial charge in [0, 0.05) is 11.4 Å². The fraction of sp³-hybridized carbons (Fsp3) is 0.125. The Labute approximate surface area is 144 Å². The maximum absolute atomic E-state index is 11.4. The van der Waals surface area contributed by atoms with Crippen molar-refractivity contribution >= 4 is 46.3 Å². The molecule has 0 aliphatic carbocycles. The Hall–Kier alpha value is -2.31. The van der Waals surface area contributed by atoms with Gasteiger partial charge < -0.3 is 20.1 Å². The molecule has 0 saturated heterocycles. The van der Waals surface area contributed by atoms with Gasteiger partial charge in [0.2, 0.25) is 0 Å². The highest BCUT2D eigenvalue weighted by Gasteiger charge is 2.06. The number of esters is 1. The van der Waals surface area contributed by atoms with E-state index in [1.165, 1.54) is 7.11 Å². The van der Waals surface area contributed by atoms with E-state index in [9.17, 15) is 4.79 Å². The van der Waals surface area contributed by atoms with Crippen molar-refractivity contribution < 1.29 is 14.3 Å². The number of thiocarbonyl (C=S) groups is 1. The summed E-state index contributed by atoms with van der Waals surface area (Å²) in [5, 5.41) is 6.92. The molecule has 23 heavy (non-hydrogen) atoms. The minimum Gasteiger partial charge on any atom is -0.495 e. The highest BCUT2D eigenvalue weighted by Crippen LogP contribution is 2.27. The fourth-order valence-electron chi connectivity index (χ4n) is 1.85. The van der Waals surface area contributed by atoms with Crippen LogP contribution in [0, 0.1) is 0 Å². The van der Waals surface area contributed by atoms with Gasteiger partial charge in [-0.2, -0.15) is 0 Å². The molecule has 0 bridgehead atoms. The van der Waals surface area contributed by atoms with Gasteiger partial charge in [-0.1, -0.05) is 11.6 Å². The second-order valence-corrected chi connectivity index (χ2v) is 5.31. The topological polar surface area (TPSA) is 59.6 Å². The normalized spacial score (nSPS) is 9.87. The lowest BCUT2D eigenvalue weighted by atomic mass is 10.2. The van der Waals surface area contributed by atoms with Crippen molar-refractivity contribution in [3.05, 3.63) is 53.1 Å². The Morgan fingerprint density at radius 1 is 1.04 bits per heavy atom. The van der Waals surface area contributed by atoms with Crippen LogP contribution in [0.5, 0.6) is 5.75 Å². The summed E-state index contributed by atoms with van der Waals surface area (Å²) in [7, 11) is 2.89. The highest BCUT2D eigenvalue weighted by molar-refractivity contribution is 7.80. The average molecular weight is 351 g/mol. The van der Waals surface area contributed by atoms with Crippen LogP contribution in [0.15, 0.2) is 42.5 Å². The lowest BCUT2D eigenvalue weighted by Crippen LogP contribution is -2.19. The summed E-state index contributed by atoms with van der Waals surface area (Å²) in [6, 6.07) is 12.1. The van der Waals surface area contributed by atoms with E-state index in [4.69, 9.17) is 28.6 Å². The number of methoxy groups -OCH3 is 2. The van der Waals surface area contributed by atoms with Crippen LogP contribution < -0.4 is 15.4 Å². The number of ether oxygens (including phenoxy) is 2. The maximum atomic E-state index is 11.4. The summed E-state index contributed by atoms with van der Waals surface area (Å²) < 4.78 is 9.74. The highest BCUT2D eigenvalue weighted by atomic mass is 35.5. The van der Waals surface area contributed by atoms with Gasteiger partial charge in [0.15, 0.2) is 5.11 Å². The first-order valence-corrected chi connectivity index (χ1v) is 7.42. The molecule has 2 rings (SSSR count). The molecule has 120 valence electrons. The fourth-order valence-corrected chi connectivity index (χ4v) is 2.34. The van der Waals surface area contributed by atoms with Gasteiger partial charge in [-0.3, -0.25) is 0 Å². The van der Waals surface area contributed by atoms with E-state index in [-0.39, 0.29) is 5.97 Å². The summed E-state index contributed by atoms with van der Waals surface area (Å²) >= 11 is 11.3. The Balaban J connectivity index is 1.99. The molecule has 7 heteroatoms. The molecule has 2 aromatic rings. The molecule has 0 fully saturated rings. The van der Waals surface area contributed by atoms with Crippen LogP contribution in [-0.2, 0) is 4.74 Å². The molecular weight excluding hydrogens is 336 g/mol. The molecule has 0 aliphatic rings. The van der Waals surface area contributed by atoms with Crippen molar-refractivity contribution in [1.29, 1.82) is 0 Å². The molecule has 0 spiro atoms. The van der Waals surface area contributed by atoms with Crippen LogP contribution in [0.25, 0.3) is 0 Å². The van der Waals surface area contributed by atoms with E-state index in [1.807, 2.05) is 0 Å². The van der Waals surface area contributed by atoms with Crippen molar-refractivity contribution in [2.45, 2.75) is 0 Å². The van der Waals surface area contributed by atoms with Crippen LogP contribution in [0.4, 0.5) is 11.4 Å². The van der Waals surface area contributed by atoms with E-state index in [0.717, 1.165) is 11.4 Å². The van der Waals surface area contributed by atoms with Gasteiger partial charge >= 0.3 is 5.97 Å². The summed E-state index contributed by atoms with van der Waals surface area (Å²) in [5.41, 5.74) is 1.95. The third-order valence-electron chi connectivity index (χ3n) is 2.97. The lowest BCUT2D eigenvalue weighted by Gasteiger charge is -2.12. The summed E-state index contributed by atoms with van der Waals surface area (Å²) in [6.45, 7) is 0. The SMILES string of the molecule is COC(=O)c1ccc(NC(=S)Nc2ccc(OC)c(Cl)c2)cc1. The number of nitrogens with one attached hydrogen (secondary N) is 2. The summed E-state index contributed by atoms with van der Waals surface area (Å²) in [6.07, 6.45) is 0. The Morgan fingerprint density at radius 2 is 1.65 bits per heavy atom. The van der Waals surface area contributed by atoms with Gasteiger partial charge in [-0.25, -0.2) is 4.79 Å². The van der Waals surface area contributed by atoms with Crippen molar-refractivity contribution in [3.63, 3.8) is 0 Å². The summed E-state index contributed by atoms with van der Waals surface area (Å²) in [4.78, 5) is 11.4. The number of rotatable bonds is 4. The van der Waals surface area contributed by atoms with Crippen molar-refractivity contribution in [2.24, 2.45) is 0 Å². The van der Waals surface area contributed by atoms with Crippen LogP contribution in [0.1, 0.15) is 10.4 Å². The number of anilines is 2. The number of halogens is 1. The molecule has 0 heterocycles. The average Bonchev–Trinajstić information content (AvgIpc) is 2.55. The Morgan fingerprint density at radius 3 is 2.22 bits per heavy atom. The van der Waals surface area contributed by atoms with Gasteiger partial charge in [0.25, 0.3) is 0 Å². The zero-order valence-electron chi connectivity index (χ0n) is 12.6. The monoisotopic (exact) mass is 350 g/mol. The molecule has 0 amide bonds. The largest absolute Gasteiger partial charge is 0.495 e. The number of hydrogen-bond donors (Lipinski definition) is 2. The quantitative estimate of drug-likeness (QED) is 0.643. The van der Waals surface area contributed by atoms with E-state index >= 15 is 0 Å². The van der Waals surface area contributed by atoms with Crippen LogP contribution >= 0.6 is 23.8 Å². The molecule has 0 radical (unpaired) electrons. The van der Waals surface area contributed by atoms with Crippen molar-refractivity contribution in [1.82, 2.24) is 0 Å². The molecule has 2 aromatic carbocycles. The first kappa shape index (κ1) is 17.1. The van der Waals surface area contributed by atoms with E-state index in [0.29, 0.717) is 21.4 Å². The van der Waals surface area contributed by atoms with Gasteiger partial charge in [-0.15, -0.1) is 0 Å². The number of carbonyl (C=O) groups is 1. The molecular formula is C16H15ClN2O3S. The minimum absolute atomic E-state index is 0.384. The Bertz CT molecular complexity index is 720. The third-order valence-corrected chi connectivity index (χ3v) is 3.47. The second-order valence-electron chi connectivity index (χ2n) is 4.50. The van der Waals surface area contributed by atoms with Gasteiger partial charge in [-0.05, 0) is 54.7 Å². The van der Waals surface area contributed by atoms with Gasteiger partial charge in [0.1, 0.15) is 5.75 Å². The zero-order chi connectivity index (χ0) is 16.8. The van der Waals surface area contributed by atoms with Crippen molar-refractivity contribution in [3.8, 4) is 5.75 Å². The molecule has 0 aliphatic heterocycles. The smallest absolute Gasteiger partial charge is 0.337 e. The molecule has 5 nitrogen and oxygen atoms in total. The van der Waals surface area contributed by atoms with Crippen LogP contribution in [0.3, 0.4) is 0 Å². The first-order chi connectivity index (χ1) is 11.0. The van der Waals surface area contributed by atoms with Crippen LogP contribution in [-0.4, -0.2) is 25.3 Å². The standard InChI is InChI=1S/C16H15ClN2O3S/c1-21-14-8-7-12(9-13(14)17)19-16(23)18-11-5-3-10(4-6-11)15(20)22-2/h3-9H,1-2H3,(H2,18,19,23). The predicted octanol–water partition coefficient (Wildman–Crippen LogP) is 3.94. The van der Waals surface area contributed by atoms with E-state index in [2.05, 4.69) is 15.4 Å².